The lowest BCUT2D eigenvalue weighted by atomic mass is 10.1. The Hall–Kier alpha value is -0.700. The first-order chi connectivity index (χ1) is 6.08. The van der Waals surface area contributed by atoms with E-state index in [2.05, 4.69) is 4.98 Å². The van der Waals surface area contributed by atoms with Gasteiger partial charge in [-0.05, 0) is 32.4 Å². The highest BCUT2D eigenvalue weighted by Gasteiger charge is 2.25. The molecule has 2 nitrogen and oxygen atoms in total. The smallest absolute Gasteiger partial charge is 0.127 e. The van der Waals surface area contributed by atoms with Crippen molar-refractivity contribution < 1.29 is 4.21 Å². The minimum Gasteiger partial charge on any atom is -0.252 e. The molecule has 0 bridgehead atoms. The Morgan fingerprint density at radius 3 is 2.62 bits per heavy atom. The monoisotopic (exact) mass is 197 g/mol. The molecule has 0 saturated heterocycles. The molecule has 13 heavy (non-hydrogen) atoms. The van der Waals surface area contributed by atoms with E-state index in [0.717, 1.165) is 6.42 Å². The predicted molar refractivity (Wildman–Crippen MR) is 55.0 cm³/mol. The third kappa shape index (κ3) is 2.37. The molecule has 0 aliphatic rings. The van der Waals surface area contributed by atoms with Gasteiger partial charge in [0.2, 0.25) is 0 Å². The van der Waals surface area contributed by atoms with Crippen LogP contribution in [0.4, 0.5) is 0 Å². The van der Waals surface area contributed by atoms with Crippen molar-refractivity contribution in [3.63, 3.8) is 0 Å². The Morgan fingerprint density at radius 1 is 1.46 bits per heavy atom. The van der Waals surface area contributed by atoms with Crippen LogP contribution in [0.15, 0.2) is 29.4 Å². The maximum atomic E-state index is 11.9. The van der Waals surface area contributed by atoms with Crippen LogP contribution < -0.4 is 0 Å². The number of nitrogens with zero attached hydrogens (tertiary/aromatic N) is 1. The molecule has 1 aromatic rings. The molecule has 0 saturated carbocycles. The van der Waals surface area contributed by atoms with Crippen molar-refractivity contribution in [1.82, 2.24) is 4.98 Å². The topological polar surface area (TPSA) is 30.0 Å². The minimum atomic E-state index is -1.00. The van der Waals surface area contributed by atoms with Gasteiger partial charge in [0.25, 0.3) is 0 Å². The summed E-state index contributed by atoms with van der Waals surface area (Å²) < 4.78 is 11.8. The van der Waals surface area contributed by atoms with E-state index in [1.165, 1.54) is 0 Å². The van der Waals surface area contributed by atoms with E-state index in [0.29, 0.717) is 5.03 Å². The lowest BCUT2D eigenvalue weighted by Gasteiger charge is -2.20. The van der Waals surface area contributed by atoms with Crippen LogP contribution in [0.5, 0.6) is 0 Å². The van der Waals surface area contributed by atoms with E-state index in [-0.39, 0.29) is 4.75 Å². The van der Waals surface area contributed by atoms with Crippen LogP contribution in [0.25, 0.3) is 0 Å². The minimum absolute atomic E-state index is 0.186. The van der Waals surface area contributed by atoms with Crippen LogP contribution in [0.3, 0.4) is 0 Å². The lowest BCUT2D eigenvalue weighted by molar-refractivity contribution is 0.610. The number of aromatic nitrogens is 1. The molecule has 0 aromatic carbocycles. The van der Waals surface area contributed by atoms with Crippen LogP contribution in [0, 0.1) is 0 Å². The summed E-state index contributed by atoms with van der Waals surface area (Å²) in [6, 6.07) is 5.51. The molecule has 1 rings (SSSR count). The number of rotatable bonds is 3. The fourth-order valence-electron chi connectivity index (χ4n) is 0.871. The normalized spacial score (nSPS) is 14.1. The Morgan fingerprint density at radius 2 is 2.15 bits per heavy atom. The van der Waals surface area contributed by atoms with Gasteiger partial charge < -0.3 is 0 Å². The summed E-state index contributed by atoms with van der Waals surface area (Å²) in [5.41, 5.74) is 0. The summed E-state index contributed by atoms with van der Waals surface area (Å²) in [4.78, 5) is 4.09. The van der Waals surface area contributed by atoms with Crippen LogP contribution in [0.2, 0.25) is 0 Å². The highest BCUT2D eigenvalue weighted by Crippen LogP contribution is 2.22. The van der Waals surface area contributed by atoms with Gasteiger partial charge in [0, 0.05) is 10.9 Å². The van der Waals surface area contributed by atoms with Gasteiger partial charge in [-0.1, -0.05) is 13.0 Å². The van der Waals surface area contributed by atoms with Crippen molar-refractivity contribution in [2.45, 2.75) is 37.0 Å². The van der Waals surface area contributed by atoms with Crippen molar-refractivity contribution in [3.05, 3.63) is 24.4 Å². The molecule has 0 amide bonds. The van der Waals surface area contributed by atoms with E-state index >= 15 is 0 Å². The summed E-state index contributed by atoms with van der Waals surface area (Å²) >= 11 is 0. The second-order valence-corrected chi connectivity index (χ2v) is 5.61. The maximum absolute atomic E-state index is 11.9. The zero-order chi connectivity index (χ0) is 9.90. The van der Waals surface area contributed by atoms with Gasteiger partial charge in [-0.3, -0.25) is 4.21 Å². The molecule has 0 aliphatic carbocycles. The summed E-state index contributed by atoms with van der Waals surface area (Å²) in [6.07, 6.45) is 2.56. The van der Waals surface area contributed by atoms with E-state index in [9.17, 15) is 4.21 Å². The Labute approximate surface area is 81.9 Å². The zero-order valence-corrected chi connectivity index (χ0v) is 9.10. The summed E-state index contributed by atoms with van der Waals surface area (Å²) in [7, 11) is -1.00. The predicted octanol–water partition coefficient (Wildman–Crippen LogP) is 2.38. The van der Waals surface area contributed by atoms with Gasteiger partial charge in [-0.15, -0.1) is 0 Å². The van der Waals surface area contributed by atoms with Crippen molar-refractivity contribution >= 4 is 10.8 Å². The van der Waals surface area contributed by atoms with Crippen LogP contribution in [0.1, 0.15) is 27.2 Å². The number of hydrogen-bond acceptors (Lipinski definition) is 2. The molecule has 72 valence electrons. The zero-order valence-electron chi connectivity index (χ0n) is 8.28. The molecule has 1 atom stereocenters. The average Bonchev–Trinajstić information content (AvgIpc) is 2.18. The molecule has 0 spiro atoms. The molecule has 0 aliphatic heterocycles. The molecular weight excluding hydrogens is 182 g/mol. The summed E-state index contributed by atoms with van der Waals surface area (Å²) in [5, 5.41) is 0.675. The Kier molecular flexibility index (Phi) is 3.20. The van der Waals surface area contributed by atoms with E-state index < -0.39 is 10.8 Å². The van der Waals surface area contributed by atoms with Gasteiger partial charge in [0.15, 0.2) is 0 Å². The average molecular weight is 197 g/mol. The Balaban J connectivity index is 2.93. The third-order valence-electron chi connectivity index (χ3n) is 2.18. The van der Waals surface area contributed by atoms with Gasteiger partial charge in [-0.25, -0.2) is 4.98 Å². The standard InChI is InChI=1S/C10H15NOS/c1-4-10(2,3)13(12)9-7-5-6-8-11-9/h5-8H,4H2,1-3H3. The van der Waals surface area contributed by atoms with Crippen molar-refractivity contribution in [2.24, 2.45) is 0 Å². The molecule has 1 aromatic heterocycles. The van der Waals surface area contributed by atoms with E-state index in [4.69, 9.17) is 0 Å². The summed E-state index contributed by atoms with van der Waals surface area (Å²) in [5.74, 6) is 0. The molecule has 1 unspecified atom stereocenters. The lowest BCUT2D eigenvalue weighted by Crippen LogP contribution is -2.25. The third-order valence-corrected chi connectivity index (χ3v) is 4.09. The van der Waals surface area contributed by atoms with Crippen LogP contribution in [-0.2, 0) is 10.8 Å². The SMILES string of the molecule is CCC(C)(C)S(=O)c1ccccn1. The second-order valence-electron chi connectivity index (χ2n) is 3.55. The Bertz CT molecular complexity index is 295. The van der Waals surface area contributed by atoms with Gasteiger partial charge in [0.1, 0.15) is 5.03 Å². The highest BCUT2D eigenvalue weighted by molar-refractivity contribution is 7.86. The maximum Gasteiger partial charge on any atom is 0.127 e. The van der Waals surface area contributed by atoms with Crippen LogP contribution >= 0.6 is 0 Å². The molecule has 1 heterocycles. The van der Waals surface area contributed by atoms with Gasteiger partial charge in [0.05, 0.1) is 10.8 Å². The first-order valence-corrected chi connectivity index (χ1v) is 5.56. The second kappa shape index (κ2) is 4.01. The molecule has 0 fully saturated rings. The van der Waals surface area contributed by atoms with Crippen molar-refractivity contribution in [3.8, 4) is 0 Å². The van der Waals surface area contributed by atoms with Crippen molar-refractivity contribution in [2.75, 3.05) is 0 Å². The fourth-order valence-corrected chi connectivity index (χ4v) is 2.06. The largest absolute Gasteiger partial charge is 0.252 e. The van der Waals surface area contributed by atoms with Gasteiger partial charge >= 0.3 is 0 Å². The molecule has 0 N–H and O–H groups in total. The quantitative estimate of drug-likeness (QED) is 0.744. The number of pyridine rings is 1. The first kappa shape index (κ1) is 10.4. The molecular formula is C10H15NOS. The van der Waals surface area contributed by atoms with E-state index in [1.54, 1.807) is 6.20 Å². The summed E-state index contributed by atoms with van der Waals surface area (Å²) in [6.45, 7) is 6.04. The molecule has 3 heteroatoms. The van der Waals surface area contributed by atoms with E-state index in [1.807, 2.05) is 39.0 Å². The fraction of sp³-hybridized carbons (Fsp3) is 0.500. The first-order valence-electron chi connectivity index (χ1n) is 4.41. The highest BCUT2D eigenvalue weighted by atomic mass is 32.2. The van der Waals surface area contributed by atoms with Crippen molar-refractivity contribution in [1.29, 1.82) is 0 Å². The van der Waals surface area contributed by atoms with Crippen LogP contribution in [-0.4, -0.2) is 13.9 Å². The number of hydrogen-bond donors (Lipinski definition) is 0. The van der Waals surface area contributed by atoms with Gasteiger partial charge in [-0.2, -0.15) is 0 Å². The molecule has 0 radical (unpaired) electrons.